The maximum Gasteiger partial charge on any atom is 0.416 e. The molecule has 0 unspecified atom stereocenters. The van der Waals surface area contributed by atoms with Gasteiger partial charge in [0.25, 0.3) is 5.16 Å². The summed E-state index contributed by atoms with van der Waals surface area (Å²) < 4.78 is 40.0. The van der Waals surface area contributed by atoms with Crippen molar-refractivity contribution in [3.63, 3.8) is 0 Å². The van der Waals surface area contributed by atoms with Gasteiger partial charge in [-0.15, -0.1) is 0 Å². The number of anilines is 2. The van der Waals surface area contributed by atoms with Gasteiger partial charge in [0, 0.05) is 5.69 Å². The molecule has 0 aliphatic rings. The molecule has 0 atom stereocenters. The zero-order valence-corrected chi connectivity index (χ0v) is 16.6. The SMILES string of the molecule is Cc1ccc(-[n+]2c(N)cc(=O)[nH]c2SCC(=O)Nc2cccc(C(F)(F)F)c2)cc1. The minimum Gasteiger partial charge on any atom is -0.325 e. The van der Waals surface area contributed by atoms with Gasteiger partial charge in [-0.05, 0) is 49.0 Å². The summed E-state index contributed by atoms with van der Waals surface area (Å²) in [6, 6.07) is 13.0. The zero-order chi connectivity index (χ0) is 21.9. The molecular weight excluding hydrogens is 417 g/mol. The maximum atomic E-state index is 12.8. The lowest BCUT2D eigenvalue weighted by Gasteiger charge is -2.11. The number of nitrogen functional groups attached to an aromatic ring is 1. The van der Waals surface area contributed by atoms with Crippen LogP contribution in [0.1, 0.15) is 11.1 Å². The molecule has 0 spiro atoms. The van der Waals surface area contributed by atoms with Crippen molar-refractivity contribution in [3.05, 3.63) is 76.1 Å². The van der Waals surface area contributed by atoms with E-state index in [-0.39, 0.29) is 17.3 Å². The highest BCUT2D eigenvalue weighted by Gasteiger charge is 2.30. The average Bonchev–Trinajstić information content (AvgIpc) is 2.66. The number of benzene rings is 2. The number of hydrogen-bond donors (Lipinski definition) is 3. The minimum absolute atomic E-state index is 0.0305. The Hall–Kier alpha value is -3.27. The van der Waals surface area contributed by atoms with Crippen molar-refractivity contribution < 1.29 is 22.5 Å². The Balaban J connectivity index is 1.78. The first kappa shape index (κ1) is 21.4. The van der Waals surface area contributed by atoms with Gasteiger partial charge in [-0.3, -0.25) is 9.59 Å². The van der Waals surface area contributed by atoms with E-state index in [1.165, 1.54) is 18.2 Å². The van der Waals surface area contributed by atoms with Crippen LogP contribution in [0.3, 0.4) is 0 Å². The van der Waals surface area contributed by atoms with E-state index in [1.54, 1.807) is 4.57 Å². The monoisotopic (exact) mass is 435 g/mol. The summed E-state index contributed by atoms with van der Waals surface area (Å²) in [4.78, 5) is 26.7. The Labute approximate surface area is 173 Å². The molecule has 0 aliphatic heterocycles. The summed E-state index contributed by atoms with van der Waals surface area (Å²) >= 11 is 1.00. The largest absolute Gasteiger partial charge is 0.416 e. The van der Waals surface area contributed by atoms with Crippen molar-refractivity contribution in [1.29, 1.82) is 0 Å². The third-order valence-corrected chi connectivity index (χ3v) is 5.04. The second-order valence-corrected chi connectivity index (χ2v) is 7.41. The lowest BCUT2D eigenvalue weighted by Crippen LogP contribution is -2.40. The van der Waals surface area contributed by atoms with Crippen LogP contribution >= 0.6 is 11.8 Å². The van der Waals surface area contributed by atoms with E-state index in [0.717, 1.165) is 29.5 Å². The number of nitrogens with two attached hydrogens (primary N) is 1. The van der Waals surface area contributed by atoms with Gasteiger partial charge >= 0.3 is 11.7 Å². The number of rotatable bonds is 5. The molecule has 0 saturated carbocycles. The fraction of sp³-hybridized carbons (Fsp3) is 0.150. The van der Waals surface area contributed by atoms with Crippen LogP contribution in [-0.4, -0.2) is 16.6 Å². The fourth-order valence-corrected chi connectivity index (χ4v) is 3.53. The third kappa shape index (κ3) is 5.20. The number of hydrogen-bond acceptors (Lipinski definition) is 4. The first-order valence-corrected chi connectivity index (χ1v) is 9.74. The van der Waals surface area contributed by atoms with Crippen molar-refractivity contribution in [2.45, 2.75) is 18.3 Å². The van der Waals surface area contributed by atoms with Crippen LogP contribution in [0.5, 0.6) is 0 Å². The van der Waals surface area contributed by atoms with Crippen LogP contribution < -0.4 is 21.2 Å². The van der Waals surface area contributed by atoms with Crippen molar-refractivity contribution in [2.24, 2.45) is 0 Å². The number of halogens is 3. The number of thioether (sulfide) groups is 1. The van der Waals surface area contributed by atoms with Gasteiger partial charge in [-0.25, -0.2) is 4.98 Å². The van der Waals surface area contributed by atoms with E-state index in [0.29, 0.717) is 10.8 Å². The molecule has 10 heteroatoms. The molecule has 1 heterocycles. The molecule has 0 radical (unpaired) electrons. The number of amides is 1. The molecule has 0 fully saturated rings. The van der Waals surface area contributed by atoms with E-state index in [9.17, 15) is 22.8 Å². The molecule has 0 bridgehead atoms. The molecule has 0 aliphatic carbocycles. The van der Waals surface area contributed by atoms with Gasteiger partial charge in [0.2, 0.25) is 11.7 Å². The minimum atomic E-state index is -4.50. The molecule has 3 aromatic rings. The number of nitrogens with zero attached hydrogens (tertiary/aromatic N) is 1. The van der Waals surface area contributed by atoms with Gasteiger partial charge in [0.15, 0.2) is 0 Å². The number of nitrogens with one attached hydrogen (secondary N) is 2. The van der Waals surface area contributed by atoms with Gasteiger partial charge in [0.1, 0.15) is 5.69 Å². The van der Waals surface area contributed by atoms with Gasteiger partial charge < -0.3 is 11.1 Å². The average molecular weight is 435 g/mol. The lowest BCUT2D eigenvalue weighted by molar-refractivity contribution is -0.626. The number of H-pyrrole nitrogens is 1. The number of alkyl halides is 3. The predicted molar refractivity (Wildman–Crippen MR) is 109 cm³/mol. The molecule has 1 amide bonds. The summed E-state index contributed by atoms with van der Waals surface area (Å²) in [5.74, 6) is -0.497. The Kier molecular flexibility index (Phi) is 6.16. The summed E-state index contributed by atoms with van der Waals surface area (Å²) in [6.07, 6.45) is -4.50. The van der Waals surface area contributed by atoms with E-state index >= 15 is 0 Å². The number of carbonyl (C=O) groups is 1. The predicted octanol–water partition coefficient (Wildman–Crippen LogP) is 3.29. The second-order valence-electron chi connectivity index (χ2n) is 6.45. The quantitative estimate of drug-likeness (QED) is 0.326. The number of aromatic amines is 1. The molecule has 2 aromatic carbocycles. The molecule has 1 aromatic heterocycles. The second kappa shape index (κ2) is 8.62. The normalized spacial score (nSPS) is 11.3. The standard InChI is InChI=1S/C20H17F3N4O2S/c1-12-5-7-15(8-6-12)27-16(24)10-17(28)26-19(27)30-11-18(29)25-14-4-2-3-13(9-14)20(21,22)23/h2-10H,11H2,1H3,(H3,24,25,28,29)/p+1. The third-order valence-electron chi connectivity index (χ3n) is 4.08. The summed E-state index contributed by atoms with van der Waals surface area (Å²) in [6.45, 7) is 1.93. The van der Waals surface area contributed by atoms with Gasteiger partial charge in [-0.2, -0.15) is 17.7 Å². The molecule has 0 saturated heterocycles. The zero-order valence-electron chi connectivity index (χ0n) is 15.8. The summed E-state index contributed by atoms with van der Waals surface area (Å²) in [7, 11) is 0. The van der Waals surface area contributed by atoms with E-state index in [1.807, 2.05) is 31.2 Å². The van der Waals surface area contributed by atoms with Gasteiger partial charge in [0.05, 0.1) is 17.4 Å². The van der Waals surface area contributed by atoms with Crippen LogP contribution in [-0.2, 0) is 11.0 Å². The highest BCUT2D eigenvalue weighted by Crippen LogP contribution is 2.30. The summed E-state index contributed by atoms with van der Waals surface area (Å²) in [5, 5.41) is 2.75. The first-order chi connectivity index (χ1) is 14.1. The van der Waals surface area contributed by atoms with E-state index < -0.39 is 23.2 Å². The van der Waals surface area contributed by atoms with E-state index in [4.69, 9.17) is 5.73 Å². The van der Waals surface area contributed by atoms with Gasteiger partial charge in [-0.1, -0.05) is 23.8 Å². The smallest absolute Gasteiger partial charge is 0.325 e. The molecule has 4 N–H and O–H groups in total. The lowest BCUT2D eigenvalue weighted by atomic mass is 10.2. The topological polar surface area (TPSA) is 91.9 Å². The molecule has 156 valence electrons. The van der Waals surface area contributed by atoms with E-state index in [2.05, 4.69) is 10.3 Å². The van der Waals surface area contributed by atoms with Crippen molar-refractivity contribution in [1.82, 2.24) is 4.98 Å². The van der Waals surface area contributed by atoms with Crippen LogP contribution in [0.2, 0.25) is 0 Å². The van der Waals surface area contributed by atoms with Crippen LogP contribution in [0.15, 0.2) is 64.5 Å². The number of aryl methyl sites for hydroxylation is 1. The first-order valence-electron chi connectivity index (χ1n) is 8.75. The highest BCUT2D eigenvalue weighted by atomic mass is 32.2. The van der Waals surface area contributed by atoms with Crippen LogP contribution in [0.4, 0.5) is 24.7 Å². The van der Waals surface area contributed by atoms with Crippen molar-refractivity contribution in [2.75, 3.05) is 16.8 Å². The molecule has 30 heavy (non-hydrogen) atoms. The highest BCUT2D eigenvalue weighted by molar-refractivity contribution is 7.99. The number of carbonyl (C=O) groups excluding carboxylic acids is 1. The molecule has 3 rings (SSSR count). The Morgan fingerprint density at radius 2 is 1.87 bits per heavy atom. The Morgan fingerprint density at radius 3 is 2.53 bits per heavy atom. The maximum absolute atomic E-state index is 12.8. The van der Waals surface area contributed by atoms with Crippen LogP contribution in [0.25, 0.3) is 5.69 Å². The molecule has 6 nitrogen and oxygen atoms in total. The Morgan fingerprint density at radius 1 is 1.17 bits per heavy atom. The number of aromatic nitrogens is 2. The van der Waals surface area contributed by atoms with Crippen molar-refractivity contribution >= 4 is 29.2 Å². The Bertz CT molecular complexity index is 1130. The molecular formula is C20H18F3N4O2S+. The summed E-state index contributed by atoms with van der Waals surface area (Å²) in [5.41, 5.74) is 6.47. The van der Waals surface area contributed by atoms with Crippen LogP contribution in [0, 0.1) is 6.92 Å². The fourth-order valence-electron chi connectivity index (χ4n) is 2.68. The van der Waals surface area contributed by atoms with Crippen molar-refractivity contribution in [3.8, 4) is 5.69 Å².